The van der Waals surface area contributed by atoms with Crippen LogP contribution in [0.25, 0.3) is 21.8 Å². The Hall–Kier alpha value is -3.41. The normalized spacial score (nSPS) is 24.6. The molecule has 4 aromatic rings. The fraction of sp³-hybridized carbons (Fsp3) is 0.333. The van der Waals surface area contributed by atoms with E-state index >= 15 is 0 Å². The van der Waals surface area contributed by atoms with Crippen molar-refractivity contribution in [3.8, 4) is 5.75 Å². The zero-order valence-corrected chi connectivity index (χ0v) is 18.6. The van der Waals surface area contributed by atoms with E-state index in [0.717, 1.165) is 40.6 Å². The first-order valence-corrected chi connectivity index (χ1v) is 11.6. The van der Waals surface area contributed by atoms with Crippen LogP contribution in [0.2, 0.25) is 0 Å². The topological polar surface area (TPSA) is 67.0 Å². The number of hydrogen-bond donors (Lipinski definition) is 2. The molecule has 2 aromatic carbocycles. The maximum Gasteiger partial charge on any atom is 0.227 e. The van der Waals surface area contributed by atoms with Crippen molar-refractivity contribution >= 4 is 33.4 Å². The number of aryl methyl sites for hydroxylation is 1. The number of aromatic nitrogens is 2. The van der Waals surface area contributed by atoms with Crippen LogP contribution in [0, 0.1) is 36.4 Å². The largest absolute Gasteiger partial charge is 0.490 e. The Morgan fingerprint density at radius 1 is 1.15 bits per heavy atom. The van der Waals surface area contributed by atoms with Gasteiger partial charge in [-0.3, -0.25) is 9.78 Å². The average molecular weight is 444 g/mol. The number of anilines is 1. The Kier molecular flexibility index (Phi) is 4.64. The molecule has 2 aliphatic rings. The van der Waals surface area contributed by atoms with E-state index in [0.29, 0.717) is 28.9 Å². The molecule has 6 rings (SSSR count). The molecule has 0 saturated heterocycles. The summed E-state index contributed by atoms with van der Waals surface area (Å²) in [7, 11) is 0. The van der Waals surface area contributed by atoms with Gasteiger partial charge in [-0.1, -0.05) is 13.0 Å². The molecule has 0 bridgehead atoms. The minimum Gasteiger partial charge on any atom is -0.490 e. The van der Waals surface area contributed by atoms with Crippen molar-refractivity contribution < 1.29 is 13.9 Å². The second-order valence-electron chi connectivity index (χ2n) is 9.62. The quantitative estimate of drug-likeness (QED) is 0.407. The zero-order valence-electron chi connectivity index (χ0n) is 18.6. The number of hydrogen-bond acceptors (Lipinski definition) is 3. The Bertz CT molecular complexity index is 1370. The van der Waals surface area contributed by atoms with Gasteiger partial charge in [0.25, 0.3) is 0 Å². The van der Waals surface area contributed by atoms with Gasteiger partial charge in [0.15, 0.2) is 0 Å². The number of H-pyrrole nitrogens is 1. The summed E-state index contributed by atoms with van der Waals surface area (Å²) in [6, 6.07) is 14.5. The van der Waals surface area contributed by atoms with Crippen molar-refractivity contribution in [3.63, 3.8) is 0 Å². The molecule has 2 fully saturated rings. The monoisotopic (exact) mass is 443 g/mol. The molecule has 2 N–H and O–H groups in total. The van der Waals surface area contributed by atoms with Crippen LogP contribution in [0.5, 0.6) is 5.75 Å². The van der Waals surface area contributed by atoms with E-state index in [1.165, 1.54) is 12.1 Å². The molecule has 5 nitrogen and oxygen atoms in total. The number of carbonyl (C=O) groups is 1. The van der Waals surface area contributed by atoms with Gasteiger partial charge in [0.1, 0.15) is 11.6 Å². The molecular formula is C27H26FN3O2. The summed E-state index contributed by atoms with van der Waals surface area (Å²) >= 11 is 0. The van der Waals surface area contributed by atoms with Crippen LogP contribution in [0.3, 0.4) is 0 Å². The minimum absolute atomic E-state index is 0.0436. The summed E-state index contributed by atoms with van der Waals surface area (Å²) in [6.45, 7) is 4.06. The number of carbonyl (C=O) groups excluding carboxylic acids is 1. The van der Waals surface area contributed by atoms with Gasteiger partial charge in [0.2, 0.25) is 5.91 Å². The molecule has 2 heterocycles. The molecule has 33 heavy (non-hydrogen) atoms. The lowest BCUT2D eigenvalue weighted by Gasteiger charge is -2.20. The van der Waals surface area contributed by atoms with Crippen molar-refractivity contribution in [3.05, 3.63) is 66.2 Å². The molecule has 6 heteroatoms. The third kappa shape index (κ3) is 3.63. The number of amides is 1. The zero-order chi connectivity index (χ0) is 22.7. The lowest BCUT2D eigenvalue weighted by atomic mass is 9.97. The Morgan fingerprint density at radius 3 is 2.79 bits per heavy atom. The predicted molar refractivity (Wildman–Crippen MR) is 127 cm³/mol. The third-order valence-electron chi connectivity index (χ3n) is 7.44. The molecule has 0 spiro atoms. The van der Waals surface area contributed by atoms with Gasteiger partial charge in [0.05, 0.1) is 11.6 Å². The van der Waals surface area contributed by atoms with Gasteiger partial charge in [-0.05, 0) is 85.4 Å². The van der Waals surface area contributed by atoms with E-state index in [1.54, 1.807) is 12.3 Å². The van der Waals surface area contributed by atoms with E-state index < -0.39 is 0 Å². The maximum absolute atomic E-state index is 13.7. The van der Waals surface area contributed by atoms with Gasteiger partial charge in [-0.25, -0.2) is 4.39 Å². The molecule has 1 amide bonds. The van der Waals surface area contributed by atoms with Crippen molar-refractivity contribution in [2.75, 3.05) is 5.32 Å². The highest BCUT2D eigenvalue weighted by molar-refractivity contribution is 5.95. The van der Waals surface area contributed by atoms with Crippen LogP contribution in [-0.2, 0) is 4.79 Å². The molecule has 2 saturated carbocycles. The first-order valence-electron chi connectivity index (χ1n) is 11.6. The lowest BCUT2D eigenvalue weighted by molar-refractivity contribution is -0.120. The number of nitrogens with zero attached hydrogens (tertiary/aromatic N) is 1. The van der Waals surface area contributed by atoms with E-state index in [4.69, 9.17) is 4.74 Å². The van der Waals surface area contributed by atoms with Gasteiger partial charge in [-0.15, -0.1) is 0 Å². The first-order chi connectivity index (χ1) is 16.0. The average Bonchev–Trinajstić information content (AvgIpc) is 3.10. The van der Waals surface area contributed by atoms with Crippen LogP contribution >= 0.6 is 0 Å². The van der Waals surface area contributed by atoms with E-state index in [1.807, 2.05) is 38.1 Å². The Balaban J connectivity index is 1.08. The number of fused-ring (bicyclic) bond motifs is 3. The summed E-state index contributed by atoms with van der Waals surface area (Å²) in [4.78, 5) is 20.5. The number of halogens is 1. The molecule has 168 valence electrons. The van der Waals surface area contributed by atoms with Crippen LogP contribution < -0.4 is 10.1 Å². The van der Waals surface area contributed by atoms with Gasteiger partial charge >= 0.3 is 0 Å². The van der Waals surface area contributed by atoms with Crippen LogP contribution in [0.4, 0.5) is 10.1 Å². The number of benzene rings is 2. The van der Waals surface area contributed by atoms with E-state index in [2.05, 4.69) is 21.4 Å². The molecule has 2 aliphatic carbocycles. The lowest BCUT2D eigenvalue weighted by Crippen LogP contribution is -2.25. The molecule has 0 aliphatic heterocycles. The van der Waals surface area contributed by atoms with Gasteiger partial charge in [-0.2, -0.15) is 0 Å². The van der Waals surface area contributed by atoms with Gasteiger partial charge < -0.3 is 15.0 Å². The Morgan fingerprint density at radius 2 is 1.97 bits per heavy atom. The number of ether oxygens (including phenoxy) is 1. The molecule has 0 radical (unpaired) electrons. The fourth-order valence-electron chi connectivity index (χ4n) is 5.84. The fourth-order valence-corrected chi connectivity index (χ4v) is 5.84. The third-order valence-corrected chi connectivity index (χ3v) is 7.44. The summed E-state index contributed by atoms with van der Waals surface area (Å²) < 4.78 is 20.0. The highest BCUT2D eigenvalue weighted by Gasteiger charge is 2.59. The SMILES string of the molecule is Cc1cc2ccc(NC(=O)C(C)C3[C@H]4CC(Oc5ccnc6ccc(F)cc56)C[C@@H]34)cc2[nH]1. The van der Waals surface area contributed by atoms with Crippen molar-refractivity contribution in [1.82, 2.24) is 9.97 Å². The second-order valence-corrected chi connectivity index (χ2v) is 9.62. The second kappa shape index (κ2) is 7.58. The standard InChI is InChI=1S/C27H26FN3O2/c1-14-9-16-3-5-18(11-24(16)30-14)31-27(32)15(2)26-20-12-19(13-21(20)26)33-25-7-8-29-23-6-4-17(28)10-22(23)25/h3-11,15,19-21,26,30H,12-13H2,1-2H3,(H,31,32)/t15?,19?,20-,21+,26?. The first kappa shape index (κ1) is 20.2. The number of nitrogens with one attached hydrogen (secondary N) is 2. The van der Waals surface area contributed by atoms with E-state index in [-0.39, 0.29) is 23.7 Å². The van der Waals surface area contributed by atoms with Crippen molar-refractivity contribution in [1.29, 1.82) is 0 Å². The summed E-state index contributed by atoms with van der Waals surface area (Å²) in [5.41, 5.74) is 3.69. The highest BCUT2D eigenvalue weighted by Crippen LogP contribution is 2.61. The molecule has 2 aromatic heterocycles. The number of pyridine rings is 1. The predicted octanol–water partition coefficient (Wildman–Crippen LogP) is 5.84. The molecule has 5 atom stereocenters. The number of rotatable bonds is 5. The maximum atomic E-state index is 13.7. The van der Waals surface area contributed by atoms with Crippen LogP contribution in [-0.4, -0.2) is 22.0 Å². The van der Waals surface area contributed by atoms with Crippen molar-refractivity contribution in [2.24, 2.45) is 23.7 Å². The van der Waals surface area contributed by atoms with Gasteiger partial charge in [0, 0.05) is 34.4 Å². The smallest absolute Gasteiger partial charge is 0.227 e. The number of aromatic amines is 1. The van der Waals surface area contributed by atoms with Crippen LogP contribution in [0.1, 0.15) is 25.5 Å². The summed E-state index contributed by atoms with van der Waals surface area (Å²) in [6.07, 6.45) is 3.66. The minimum atomic E-state index is -0.292. The Labute approximate surface area is 191 Å². The summed E-state index contributed by atoms with van der Waals surface area (Å²) in [5, 5.41) is 4.95. The molecular weight excluding hydrogens is 417 g/mol. The van der Waals surface area contributed by atoms with Crippen LogP contribution in [0.15, 0.2) is 54.7 Å². The van der Waals surface area contributed by atoms with Crippen molar-refractivity contribution in [2.45, 2.75) is 32.8 Å². The van der Waals surface area contributed by atoms with E-state index in [9.17, 15) is 9.18 Å². The highest BCUT2D eigenvalue weighted by atomic mass is 19.1. The summed E-state index contributed by atoms with van der Waals surface area (Å²) in [5.74, 6) is 1.84. The molecule has 3 unspecified atom stereocenters.